The van der Waals surface area contributed by atoms with Crippen LogP contribution in [0.25, 0.3) is 0 Å². The van der Waals surface area contributed by atoms with Gasteiger partial charge in [0.25, 0.3) is 0 Å². The predicted octanol–water partition coefficient (Wildman–Crippen LogP) is 3.21. The Kier molecular flexibility index (Phi) is 5.48. The number of benzene rings is 1. The van der Waals surface area contributed by atoms with Gasteiger partial charge in [-0.2, -0.15) is 0 Å². The molecule has 0 unspecified atom stereocenters. The minimum Gasteiger partial charge on any atom is -0.373 e. The number of methoxy groups -OCH3 is 1. The molecule has 0 aliphatic carbocycles. The van der Waals surface area contributed by atoms with Crippen molar-refractivity contribution in [3.63, 3.8) is 0 Å². The lowest BCUT2D eigenvalue weighted by Crippen LogP contribution is -2.59. The minimum atomic E-state index is -0.377. The topological polar surface area (TPSA) is 46.2 Å². The summed E-state index contributed by atoms with van der Waals surface area (Å²) in [7, 11) is 1.67. The highest BCUT2D eigenvalue weighted by atomic mass is 16.7. The Bertz CT molecular complexity index is 575. The normalized spacial score (nSPS) is 40.0. The Balaban J connectivity index is 1.57. The molecular formula is C20H26O5. The van der Waals surface area contributed by atoms with Crippen LogP contribution >= 0.6 is 0 Å². The van der Waals surface area contributed by atoms with Crippen LogP contribution in [0.2, 0.25) is 0 Å². The zero-order valence-corrected chi connectivity index (χ0v) is 14.6. The molecule has 5 heteroatoms. The van der Waals surface area contributed by atoms with Crippen LogP contribution < -0.4 is 0 Å². The van der Waals surface area contributed by atoms with Crippen LogP contribution in [0.4, 0.5) is 0 Å². The fourth-order valence-electron chi connectivity index (χ4n) is 3.92. The molecule has 3 aliphatic heterocycles. The molecule has 1 aromatic rings. The molecule has 6 atom stereocenters. The van der Waals surface area contributed by atoms with Crippen LogP contribution in [-0.4, -0.2) is 44.9 Å². The monoisotopic (exact) mass is 346 g/mol. The molecule has 0 bridgehead atoms. The van der Waals surface area contributed by atoms with Gasteiger partial charge in [-0.1, -0.05) is 42.5 Å². The van der Waals surface area contributed by atoms with Crippen molar-refractivity contribution in [2.75, 3.05) is 20.3 Å². The van der Waals surface area contributed by atoms with E-state index < -0.39 is 0 Å². The van der Waals surface area contributed by atoms with Crippen molar-refractivity contribution in [1.82, 2.24) is 0 Å². The first-order chi connectivity index (χ1) is 12.4. The highest BCUT2D eigenvalue weighted by molar-refractivity contribution is 5.16. The molecule has 3 aliphatic rings. The first-order valence-electron chi connectivity index (χ1n) is 9.13. The lowest BCUT2D eigenvalue weighted by atomic mass is 9.85. The van der Waals surface area contributed by atoms with Crippen molar-refractivity contribution in [3.05, 3.63) is 48.0 Å². The van der Waals surface area contributed by atoms with Gasteiger partial charge in [-0.3, -0.25) is 0 Å². The first kappa shape index (κ1) is 17.2. The molecule has 0 N–H and O–H groups in total. The van der Waals surface area contributed by atoms with Crippen LogP contribution in [0.5, 0.6) is 0 Å². The highest BCUT2D eigenvalue weighted by Crippen LogP contribution is 2.40. The number of allylic oxidation sites excluding steroid dienone is 2. The minimum absolute atomic E-state index is 0.0712. The van der Waals surface area contributed by atoms with Gasteiger partial charge in [-0.25, -0.2) is 0 Å². The van der Waals surface area contributed by atoms with Crippen LogP contribution in [-0.2, 0) is 23.7 Å². The predicted molar refractivity (Wildman–Crippen MR) is 91.9 cm³/mol. The van der Waals surface area contributed by atoms with E-state index in [9.17, 15) is 0 Å². The van der Waals surface area contributed by atoms with Gasteiger partial charge in [-0.05, 0) is 19.3 Å². The summed E-state index contributed by atoms with van der Waals surface area (Å²) in [5.74, 6) is 0.188. The Hall–Kier alpha value is -1.24. The number of ether oxygens (including phenoxy) is 5. The van der Waals surface area contributed by atoms with E-state index in [0.717, 1.165) is 24.8 Å². The number of rotatable bonds is 2. The van der Waals surface area contributed by atoms with Gasteiger partial charge >= 0.3 is 0 Å². The second-order valence-electron chi connectivity index (χ2n) is 6.80. The molecular weight excluding hydrogens is 320 g/mol. The summed E-state index contributed by atoms with van der Waals surface area (Å²) in [6.07, 6.45) is 6.38. The molecule has 136 valence electrons. The quantitative estimate of drug-likeness (QED) is 0.770. The van der Waals surface area contributed by atoms with Crippen molar-refractivity contribution >= 4 is 0 Å². The van der Waals surface area contributed by atoms with Gasteiger partial charge in [0, 0.05) is 25.2 Å². The van der Waals surface area contributed by atoms with Crippen molar-refractivity contribution < 1.29 is 23.7 Å². The summed E-state index contributed by atoms with van der Waals surface area (Å²) in [5, 5.41) is 0. The van der Waals surface area contributed by atoms with E-state index in [1.54, 1.807) is 7.11 Å². The molecule has 1 aromatic carbocycles. The first-order valence-corrected chi connectivity index (χ1v) is 9.13. The van der Waals surface area contributed by atoms with Crippen LogP contribution in [0.15, 0.2) is 42.5 Å². The van der Waals surface area contributed by atoms with Gasteiger partial charge in [0.2, 0.25) is 0 Å². The average Bonchev–Trinajstić information content (AvgIpc) is 2.80. The van der Waals surface area contributed by atoms with E-state index in [1.807, 2.05) is 30.3 Å². The van der Waals surface area contributed by atoms with E-state index in [1.165, 1.54) is 0 Å². The third-order valence-corrected chi connectivity index (χ3v) is 5.18. The van der Waals surface area contributed by atoms with E-state index in [0.29, 0.717) is 13.2 Å². The molecule has 4 rings (SSSR count). The molecule has 5 nitrogen and oxygen atoms in total. The molecule has 0 saturated carbocycles. The zero-order chi connectivity index (χ0) is 17.1. The molecule has 2 saturated heterocycles. The second kappa shape index (κ2) is 7.98. The van der Waals surface area contributed by atoms with Crippen molar-refractivity contribution in [1.29, 1.82) is 0 Å². The van der Waals surface area contributed by atoms with Gasteiger partial charge in [0.15, 0.2) is 12.6 Å². The Morgan fingerprint density at radius 3 is 2.72 bits per heavy atom. The smallest absolute Gasteiger partial charge is 0.184 e. The third kappa shape index (κ3) is 3.66. The summed E-state index contributed by atoms with van der Waals surface area (Å²) in [6.45, 7) is 1.21. The lowest BCUT2D eigenvalue weighted by molar-refractivity contribution is -0.354. The third-order valence-electron chi connectivity index (χ3n) is 5.18. The van der Waals surface area contributed by atoms with E-state index >= 15 is 0 Å². The molecule has 0 spiro atoms. The Labute approximate surface area is 148 Å². The zero-order valence-electron chi connectivity index (χ0n) is 14.6. The molecule has 2 fully saturated rings. The van der Waals surface area contributed by atoms with Gasteiger partial charge in [0.1, 0.15) is 12.2 Å². The summed E-state index contributed by atoms with van der Waals surface area (Å²) in [5.41, 5.74) is 1.03. The lowest BCUT2D eigenvalue weighted by Gasteiger charge is -2.49. The van der Waals surface area contributed by atoms with Crippen molar-refractivity contribution in [2.45, 2.75) is 50.2 Å². The SMILES string of the molecule is CO[C@H]1O[C@@H]2CO[C@@H](c3ccccc3)O[C@H]2[C@@H]2C/C=C\CCCO[C@@H]12. The standard InChI is InChI=1S/C20H26O5/c1-21-20-18-15(11-7-2-3-8-12-22-18)17-16(24-20)13-23-19(25-17)14-9-5-4-6-10-14/h2,4-7,9-10,15-20H,3,8,11-13H2,1H3/b7-2-/t15-,16+,17-,18+,19+,20-/m0/s1. The fraction of sp³-hybridized carbons (Fsp3) is 0.600. The molecule has 0 radical (unpaired) electrons. The fourth-order valence-corrected chi connectivity index (χ4v) is 3.92. The number of fused-ring (bicyclic) bond motifs is 3. The van der Waals surface area contributed by atoms with Crippen molar-refractivity contribution in [2.24, 2.45) is 5.92 Å². The summed E-state index contributed by atoms with van der Waals surface area (Å²) >= 11 is 0. The second-order valence-corrected chi connectivity index (χ2v) is 6.80. The highest BCUT2D eigenvalue weighted by Gasteiger charge is 2.50. The van der Waals surface area contributed by atoms with Crippen LogP contribution in [0.1, 0.15) is 31.1 Å². The maximum atomic E-state index is 6.36. The maximum Gasteiger partial charge on any atom is 0.184 e. The molecule has 0 aromatic heterocycles. The number of hydrogen-bond donors (Lipinski definition) is 0. The maximum absolute atomic E-state index is 6.36. The van der Waals surface area contributed by atoms with E-state index in [2.05, 4.69) is 12.2 Å². The Morgan fingerprint density at radius 2 is 1.88 bits per heavy atom. The van der Waals surface area contributed by atoms with Gasteiger partial charge in [-0.15, -0.1) is 0 Å². The van der Waals surface area contributed by atoms with Crippen molar-refractivity contribution in [3.8, 4) is 0 Å². The van der Waals surface area contributed by atoms with E-state index in [-0.39, 0.29) is 36.8 Å². The Morgan fingerprint density at radius 1 is 1.00 bits per heavy atom. The summed E-state index contributed by atoms with van der Waals surface area (Å²) in [6, 6.07) is 10.1. The molecule has 25 heavy (non-hydrogen) atoms. The van der Waals surface area contributed by atoms with Crippen LogP contribution in [0.3, 0.4) is 0 Å². The molecule has 0 amide bonds. The van der Waals surface area contributed by atoms with Crippen LogP contribution in [0, 0.1) is 5.92 Å². The number of hydrogen-bond acceptors (Lipinski definition) is 5. The van der Waals surface area contributed by atoms with Gasteiger partial charge < -0.3 is 23.7 Å². The van der Waals surface area contributed by atoms with E-state index in [4.69, 9.17) is 23.7 Å². The van der Waals surface area contributed by atoms with Gasteiger partial charge in [0.05, 0.1) is 12.7 Å². The average molecular weight is 346 g/mol. The summed E-state index contributed by atoms with van der Waals surface area (Å²) in [4.78, 5) is 0. The summed E-state index contributed by atoms with van der Waals surface area (Å²) < 4.78 is 30.1. The molecule has 3 heterocycles. The largest absolute Gasteiger partial charge is 0.373 e.